The first-order chi connectivity index (χ1) is 9.99. The van der Waals surface area contributed by atoms with E-state index in [1.54, 1.807) is 0 Å². The molecule has 1 atom stereocenters. The molecule has 0 saturated carbocycles. The number of nitrogens with zero attached hydrogens (tertiary/aromatic N) is 1. The second kappa shape index (κ2) is 6.30. The first-order valence-corrected chi connectivity index (χ1v) is 7.39. The van der Waals surface area contributed by atoms with Gasteiger partial charge in [0.1, 0.15) is 11.4 Å². The van der Waals surface area contributed by atoms with Gasteiger partial charge in [-0.3, -0.25) is 0 Å². The molecule has 2 heterocycles. The summed E-state index contributed by atoms with van der Waals surface area (Å²) >= 11 is 0. The fourth-order valence-corrected chi connectivity index (χ4v) is 2.85. The molecule has 0 aromatic carbocycles. The lowest BCUT2D eigenvalue weighted by Crippen LogP contribution is -2.44. The Morgan fingerprint density at radius 1 is 1.57 bits per heavy atom. The number of aromatic nitrogens is 1. The molecule has 2 rings (SSSR count). The standard InChI is InChI=1S/C15H23N3O3/c1-3-15(4-2)8-11(5-6-21-15)18-13-12(14(19)20)7-10(16)9-17-13/h7,9,11H,3-6,8,16H2,1-2H3,(H,17,18)(H,19,20). The summed E-state index contributed by atoms with van der Waals surface area (Å²) in [5.74, 6) is -0.647. The van der Waals surface area contributed by atoms with Crippen molar-refractivity contribution in [2.75, 3.05) is 17.7 Å². The van der Waals surface area contributed by atoms with E-state index in [1.165, 1.54) is 12.3 Å². The fourth-order valence-electron chi connectivity index (χ4n) is 2.85. The van der Waals surface area contributed by atoms with Crippen LogP contribution >= 0.6 is 0 Å². The molecule has 4 N–H and O–H groups in total. The number of anilines is 2. The molecule has 6 nitrogen and oxygen atoms in total. The minimum Gasteiger partial charge on any atom is -0.478 e. The monoisotopic (exact) mass is 293 g/mol. The van der Waals surface area contributed by atoms with Crippen LogP contribution in [-0.2, 0) is 4.74 Å². The molecule has 116 valence electrons. The number of carbonyl (C=O) groups is 1. The van der Waals surface area contributed by atoms with Crippen LogP contribution in [0.15, 0.2) is 12.3 Å². The third-order valence-corrected chi connectivity index (χ3v) is 4.26. The quantitative estimate of drug-likeness (QED) is 0.771. The maximum absolute atomic E-state index is 11.3. The molecule has 1 aromatic heterocycles. The lowest BCUT2D eigenvalue weighted by Gasteiger charge is -2.40. The second-order valence-corrected chi connectivity index (χ2v) is 5.54. The summed E-state index contributed by atoms with van der Waals surface area (Å²) in [5, 5.41) is 12.5. The van der Waals surface area contributed by atoms with Crippen molar-refractivity contribution in [3.63, 3.8) is 0 Å². The van der Waals surface area contributed by atoms with E-state index in [0.29, 0.717) is 18.1 Å². The molecule has 0 bridgehead atoms. The van der Waals surface area contributed by atoms with Crippen LogP contribution < -0.4 is 11.1 Å². The second-order valence-electron chi connectivity index (χ2n) is 5.54. The highest BCUT2D eigenvalue weighted by molar-refractivity contribution is 5.94. The summed E-state index contributed by atoms with van der Waals surface area (Å²) in [4.78, 5) is 15.4. The van der Waals surface area contributed by atoms with Gasteiger partial charge >= 0.3 is 5.97 Å². The van der Waals surface area contributed by atoms with Crippen LogP contribution in [0.3, 0.4) is 0 Å². The molecule has 0 spiro atoms. The van der Waals surface area contributed by atoms with E-state index >= 15 is 0 Å². The zero-order chi connectivity index (χ0) is 15.5. The topological polar surface area (TPSA) is 97.5 Å². The van der Waals surface area contributed by atoms with Gasteiger partial charge in [-0.05, 0) is 31.7 Å². The van der Waals surface area contributed by atoms with E-state index < -0.39 is 5.97 Å². The van der Waals surface area contributed by atoms with Crippen LogP contribution in [0, 0.1) is 0 Å². The highest BCUT2D eigenvalue weighted by Gasteiger charge is 2.34. The summed E-state index contributed by atoms with van der Waals surface area (Å²) in [5.41, 5.74) is 5.95. The van der Waals surface area contributed by atoms with Gasteiger partial charge in [-0.1, -0.05) is 13.8 Å². The van der Waals surface area contributed by atoms with Crippen LogP contribution in [-0.4, -0.2) is 34.3 Å². The van der Waals surface area contributed by atoms with Gasteiger partial charge in [0.05, 0.1) is 17.5 Å². The number of nitrogens with one attached hydrogen (secondary N) is 1. The van der Waals surface area contributed by atoms with Gasteiger partial charge in [-0.15, -0.1) is 0 Å². The summed E-state index contributed by atoms with van der Waals surface area (Å²) in [6, 6.07) is 1.59. The normalized spacial score (nSPS) is 21.0. The molecule has 0 aliphatic carbocycles. The third-order valence-electron chi connectivity index (χ3n) is 4.26. The summed E-state index contributed by atoms with van der Waals surface area (Å²) in [6.07, 6.45) is 5.06. The largest absolute Gasteiger partial charge is 0.478 e. The van der Waals surface area contributed by atoms with E-state index in [4.69, 9.17) is 10.5 Å². The molecule has 21 heavy (non-hydrogen) atoms. The third kappa shape index (κ3) is 3.44. The predicted molar refractivity (Wildman–Crippen MR) is 81.5 cm³/mol. The van der Waals surface area contributed by atoms with E-state index in [2.05, 4.69) is 24.1 Å². The molecule has 1 saturated heterocycles. The Morgan fingerprint density at radius 3 is 2.90 bits per heavy atom. The van der Waals surface area contributed by atoms with Crippen molar-refractivity contribution in [3.05, 3.63) is 17.8 Å². The summed E-state index contributed by atoms with van der Waals surface area (Å²) < 4.78 is 5.93. The van der Waals surface area contributed by atoms with Gasteiger partial charge in [-0.25, -0.2) is 9.78 Å². The van der Waals surface area contributed by atoms with Crippen LogP contribution in [0.2, 0.25) is 0 Å². The van der Waals surface area contributed by atoms with Crippen molar-refractivity contribution in [1.29, 1.82) is 0 Å². The van der Waals surface area contributed by atoms with Crippen molar-refractivity contribution in [2.45, 2.75) is 51.2 Å². The molecule has 1 aliphatic rings. The van der Waals surface area contributed by atoms with Gasteiger partial charge in [0, 0.05) is 12.6 Å². The number of nitrogen functional groups attached to an aromatic ring is 1. The Bertz CT molecular complexity index is 515. The van der Waals surface area contributed by atoms with Gasteiger partial charge < -0.3 is 20.9 Å². The SMILES string of the molecule is CCC1(CC)CC(Nc2ncc(N)cc2C(=O)O)CCO1. The molecule has 1 fully saturated rings. The first-order valence-electron chi connectivity index (χ1n) is 7.39. The van der Waals surface area contributed by atoms with Crippen molar-refractivity contribution in [3.8, 4) is 0 Å². The van der Waals surface area contributed by atoms with Crippen LogP contribution in [0.1, 0.15) is 49.9 Å². The highest BCUT2D eigenvalue weighted by atomic mass is 16.5. The van der Waals surface area contributed by atoms with Gasteiger partial charge in [0.15, 0.2) is 0 Å². The number of ether oxygens (including phenoxy) is 1. The molecule has 1 aromatic rings. The number of hydrogen-bond acceptors (Lipinski definition) is 5. The molecule has 0 radical (unpaired) electrons. The highest BCUT2D eigenvalue weighted by Crippen LogP contribution is 2.33. The zero-order valence-electron chi connectivity index (χ0n) is 12.6. The smallest absolute Gasteiger partial charge is 0.339 e. The Morgan fingerprint density at radius 2 is 2.29 bits per heavy atom. The maximum Gasteiger partial charge on any atom is 0.339 e. The number of pyridine rings is 1. The average molecular weight is 293 g/mol. The van der Waals surface area contributed by atoms with E-state index in [1.807, 2.05) is 0 Å². The van der Waals surface area contributed by atoms with Gasteiger partial charge in [0.25, 0.3) is 0 Å². The van der Waals surface area contributed by atoms with E-state index in [9.17, 15) is 9.90 Å². The Kier molecular flexibility index (Phi) is 4.67. The number of carboxylic acids is 1. The number of carboxylic acid groups (broad SMARTS) is 1. The molecular formula is C15H23N3O3. The van der Waals surface area contributed by atoms with Gasteiger partial charge in [0.2, 0.25) is 0 Å². The van der Waals surface area contributed by atoms with Gasteiger partial charge in [-0.2, -0.15) is 0 Å². The Hall–Kier alpha value is -1.82. The molecular weight excluding hydrogens is 270 g/mol. The predicted octanol–water partition coefficient (Wildman–Crippen LogP) is 2.51. The number of nitrogens with two attached hydrogens (primary N) is 1. The lowest BCUT2D eigenvalue weighted by molar-refractivity contribution is -0.0864. The van der Waals surface area contributed by atoms with Crippen molar-refractivity contribution >= 4 is 17.5 Å². The van der Waals surface area contributed by atoms with Crippen molar-refractivity contribution in [2.24, 2.45) is 0 Å². The minimum atomic E-state index is -1.03. The molecule has 0 amide bonds. The maximum atomic E-state index is 11.3. The summed E-state index contributed by atoms with van der Waals surface area (Å²) in [7, 11) is 0. The molecule has 1 unspecified atom stereocenters. The lowest BCUT2D eigenvalue weighted by atomic mass is 9.86. The fraction of sp³-hybridized carbons (Fsp3) is 0.600. The Balaban J connectivity index is 2.16. The Labute approximate surface area is 124 Å². The number of rotatable bonds is 5. The first kappa shape index (κ1) is 15.6. The summed E-state index contributed by atoms with van der Waals surface area (Å²) in [6.45, 7) is 4.92. The number of aromatic carboxylic acids is 1. The number of hydrogen-bond donors (Lipinski definition) is 3. The van der Waals surface area contributed by atoms with Crippen LogP contribution in [0.4, 0.5) is 11.5 Å². The van der Waals surface area contributed by atoms with Crippen molar-refractivity contribution in [1.82, 2.24) is 4.98 Å². The average Bonchev–Trinajstić information content (AvgIpc) is 2.49. The van der Waals surface area contributed by atoms with Crippen molar-refractivity contribution < 1.29 is 14.6 Å². The van der Waals surface area contributed by atoms with E-state index in [-0.39, 0.29) is 17.2 Å². The minimum absolute atomic E-state index is 0.111. The van der Waals surface area contributed by atoms with Crippen LogP contribution in [0.25, 0.3) is 0 Å². The van der Waals surface area contributed by atoms with Crippen LogP contribution in [0.5, 0.6) is 0 Å². The molecule has 1 aliphatic heterocycles. The van der Waals surface area contributed by atoms with E-state index in [0.717, 1.165) is 25.7 Å². The zero-order valence-corrected chi connectivity index (χ0v) is 12.6. The molecule has 6 heteroatoms.